The van der Waals surface area contributed by atoms with E-state index in [1.165, 1.54) is 154 Å². The highest BCUT2D eigenvalue weighted by atomic mass is 31.2. The minimum atomic E-state index is -4.64. The van der Waals surface area contributed by atoms with Gasteiger partial charge in [0.15, 0.2) is 6.10 Å². The number of quaternary nitrogens is 1. The average molecular weight is 1150 g/mol. The fraction of sp³-hybridized carbons (Fsp3) is 0.746. The molecule has 81 heavy (non-hydrogen) atoms. The number of rotatable bonds is 61. The van der Waals surface area contributed by atoms with Gasteiger partial charge >= 0.3 is 11.9 Å². The lowest BCUT2D eigenvalue weighted by Gasteiger charge is -2.28. The van der Waals surface area contributed by atoms with Crippen LogP contribution < -0.4 is 4.89 Å². The van der Waals surface area contributed by atoms with Crippen molar-refractivity contribution in [1.29, 1.82) is 0 Å². The lowest BCUT2D eigenvalue weighted by Crippen LogP contribution is -2.37. The molecule has 0 amide bonds. The second-order valence-corrected chi connectivity index (χ2v) is 24.9. The van der Waals surface area contributed by atoms with E-state index in [0.29, 0.717) is 17.4 Å². The van der Waals surface area contributed by atoms with E-state index >= 15 is 0 Å². The van der Waals surface area contributed by atoms with E-state index in [4.69, 9.17) is 18.5 Å². The highest BCUT2D eigenvalue weighted by molar-refractivity contribution is 7.45. The summed E-state index contributed by atoms with van der Waals surface area (Å²) in [6, 6.07) is 0. The smallest absolute Gasteiger partial charge is 0.306 e. The summed E-state index contributed by atoms with van der Waals surface area (Å²) < 4.78 is 34.2. The van der Waals surface area contributed by atoms with E-state index in [1.807, 2.05) is 21.1 Å². The third-order valence-corrected chi connectivity index (χ3v) is 15.3. The Labute approximate surface area is 500 Å². The number of likely N-dealkylation sites (N-methyl/N-ethyl adjacent to an activating group) is 1. The number of hydrogen-bond donors (Lipinski definition) is 0. The molecule has 0 aromatic heterocycles. The predicted octanol–water partition coefficient (Wildman–Crippen LogP) is 20.9. The van der Waals surface area contributed by atoms with E-state index < -0.39 is 26.5 Å². The Morgan fingerprint density at radius 3 is 1.06 bits per heavy atom. The second-order valence-electron chi connectivity index (χ2n) is 23.5. The van der Waals surface area contributed by atoms with Crippen LogP contribution in [-0.4, -0.2) is 70.0 Å². The van der Waals surface area contributed by atoms with Crippen LogP contribution in [0.4, 0.5) is 0 Å². The summed E-state index contributed by atoms with van der Waals surface area (Å²) in [5, 5.41) is 0. The molecular weight excluding hydrogens is 1030 g/mol. The normalized spacial score (nSPS) is 13.8. The lowest BCUT2D eigenvalue weighted by atomic mass is 10.0. The van der Waals surface area contributed by atoms with Crippen molar-refractivity contribution in [2.45, 2.75) is 296 Å². The van der Waals surface area contributed by atoms with Gasteiger partial charge in [-0.1, -0.05) is 278 Å². The number of carbonyl (C=O) groups excluding carboxylic acids is 2. The Morgan fingerprint density at radius 1 is 0.395 bits per heavy atom. The van der Waals surface area contributed by atoms with Gasteiger partial charge in [-0.2, -0.15) is 0 Å². The van der Waals surface area contributed by atoms with Crippen LogP contribution in [0.1, 0.15) is 290 Å². The maximum atomic E-state index is 12.8. The van der Waals surface area contributed by atoms with Gasteiger partial charge in [0, 0.05) is 12.8 Å². The number of phosphoric acid groups is 1. The Kier molecular flexibility index (Phi) is 59.2. The van der Waals surface area contributed by atoms with Gasteiger partial charge in [-0.05, 0) is 96.3 Å². The number of phosphoric ester groups is 1. The molecule has 0 aliphatic carbocycles. The molecule has 0 bridgehead atoms. The van der Waals surface area contributed by atoms with Crippen molar-refractivity contribution in [2.24, 2.45) is 0 Å². The van der Waals surface area contributed by atoms with Crippen LogP contribution in [0.15, 0.2) is 97.2 Å². The van der Waals surface area contributed by atoms with E-state index in [2.05, 4.69) is 111 Å². The molecule has 0 spiro atoms. The minimum absolute atomic E-state index is 0.0331. The SMILES string of the molecule is CC/C=C\C/C=C\C/C=C\C/C=C\C/C=C\C/C=C\C/C=C\CCCCCCCCCCCCCCCCCCCCCC(=O)OC(COC(=O)CCCCCCC/C=C\CCCCCCCCC)COP(=O)([O-])OCC[N+](C)(C)C. The number of carbonyl (C=O) groups is 2. The predicted molar refractivity (Wildman–Crippen MR) is 346 cm³/mol. The molecule has 2 atom stereocenters. The molecule has 0 heterocycles. The van der Waals surface area contributed by atoms with Crippen molar-refractivity contribution in [3.63, 3.8) is 0 Å². The molecule has 0 aliphatic heterocycles. The maximum absolute atomic E-state index is 12.8. The first-order chi connectivity index (χ1) is 39.5. The molecule has 2 unspecified atom stereocenters. The van der Waals surface area contributed by atoms with E-state index in [-0.39, 0.29) is 32.0 Å². The van der Waals surface area contributed by atoms with Gasteiger partial charge in [0.25, 0.3) is 7.82 Å². The van der Waals surface area contributed by atoms with Crippen molar-refractivity contribution < 1.29 is 42.1 Å². The number of nitrogens with zero attached hydrogens (tertiary/aromatic N) is 1. The average Bonchev–Trinajstić information content (AvgIpc) is 3.43. The summed E-state index contributed by atoms with van der Waals surface area (Å²) in [5.74, 6) is -0.835. The Hall–Kier alpha value is -3.07. The zero-order valence-corrected chi connectivity index (χ0v) is 54.1. The van der Waals surface area contributed by atoms with Crippen LogP contribution in [0, 0.1) is 0 Å². The van der Waals surface area contributed by atoms with Crippen LogP contribution >= 0.6 is 7.82 Å². The minimum Gasteiger partial charge on any atom is -0.756 e. The fourth-order valence-corrected chi connectivity index (χ4v) is 9.95. The molecule has 0 saturated carbocycles. The second kappa shape index (κ2) is 61.5. The summed E-state index contributed by atoms with van der Waals surface area (Å²) in [4.78, 5) is 37.9. The molecule has 0 radical (unpaired) electrons. The van der Waals surface area contributed by atoms with Crippen molar-refractivity contribution >= 4 is 19.8 Å². The van der Waals surface area contributed by atoms with E-state index in [0.717, 1.165) is 103 Å². The highest BCUT2D eigenvalue weighted by Gasteiger charge is 2.22. The van der Waals surface area contributed by atoms with Crippen molar-refractivity contribution in [3.05, 3.63) is 97.2 Å². The van der Waals surface area contributed by atoms with E-state index in [9.17, 15) is 19.0 Å². The fourth-order valence-electron chi connectivity index (χ4n) is 9.22. The quantitative estimate of drug-likeness (QED) is 0.0195. The summed E-state index contributed by atoms with van der Waals surface area (Å²) in [6.45, 7) is 4.13. The zero-order chi connectivity index (χ0) is 59.1. The van der Waals surface area contributed by atoms with Gasteiger partial charge in [0.05, 0.1) is 27.7 Å². The number of unbranched alkanes of at least 4 members (excludes halogenated alkanes) is 31. The first kappa shape index (κ1) is 77.9. The summed E-state index contributed by atoms with van der Waals surface area (Å²) in [7, 11) is 1.17. The van der Waals surface area contributed by atoms with Crippen LogP contribution in [-0.2, 0) is 32.7 Å². The molecule has 468 valence electrons. The Morgan fingerprint density at radius 2 is 0.704 bits per heavy atom. The van der Waals surface area contributed by atoms with Crippen molar-refractivity contribution in [1.82, 2.24) is 0 Å². The van der Waals surface area contributed by atoms with Gasteiger partial charge in [-0.15, -0.1) is 0 Å². The lowest BCUT2D eigenvalue weighted by molar-refractivity contribution is -0.870. The zero-order valence-electron chi connectivity index (χ0n) is 53.2. The monoisotopic (exact) mass is 1150 g/mol. The summed E-state index contributed by atoms with van der Waals surface area (Å²) in [6.07, 6.45) is 84.9. The van der Waals surface area contributed by atoms with E-state index in [1.54, 1.807) is 0 Å². The summed E-state index contributed by atoms with van der Waals surface area (Å²) in [5.41, 5.74) is 0. The number of ether oxygens (including phenoxy) is 2. The van der Waals surface area contributed by atoms with Gasteiger partial charge < -0.3 is 27.9 Å². The standard InChI is InChI=1S/C71H126NO8P/c1-6-8-10-12-14-16-18-20-22-24-25-26-27-28-29-30-31-32-33-34-35-36-37-38-39-40-41-42-43-44-45-46-47-48-50-52-54-56-58-60-62-64-71(74)80-69(68-79-81(75,76)78-66-65-72(3,4)5)67-77-70(73)63-61-59-57-55-53-51-49-23-21-19-17-15-13-11-9-7-2/h8,10,14,16,20,22-23,25-26,28-29,31-32,34-35,49,69H,6-7,9,11-13,15,17-19,21,24,27,30,33,36-48,50-68H2,1-5H3/b10-8-,16-14-,22-20-,26-25-,29-28-,32-31-,35-34-,49-23-. The number of allylic oxidation sites excluding steroid dienone is 16. The van der Waals surface area contributed by atoms with Crippen LogP contribution in [0.2, 0.25) is 0 Å². The van der Waals surface area contributed by atoms with Gasteiger partial charge in [0.2, 0.25) is 0 Å². The Bertz CT molecular complexity index is 1690. The van der Waals surface area contributed by atoms with Crippen LogP contribution in [0.5, 0.6) is 0 Å². The summed E-state index contributed by atoms with van der Waals surface area (Å²) >= 11 is 0. The molecule has 0 aliphatic rings. The first-order valence-electron chi connectivity index (χ1n) is 33.4. The van der Waals surface area contributed by atoms with Gasteiger partial charge in [-0.25, -0.2) is 0 Å². The largest absolute Gasteiger partial charge is 0.756 e. The number of hydrogen-bond acceptors (Lipinski definition) is 8. The molecular formula is C71H126NO8P. The van der Waals surface area contributed by atoms with Gasteiger partial charge in [-0.3, -0.25) is 14.2 Å². The molecule has 0 N–H and O–H groups in total. The highest BCUT2D eigenvalue weighted by Crippen LogP contribution is 2.38. The topological polar surface area (TPSA) is 111 Å². The van der Waals surface area contributed by atoms with Crippen molar-refractivity contribution in [2.75, 3.05) is 47.5 Å². The van der Waals surface area contributed by atoms with Crippen LogP contribution in [0.3, 0.4) is 0 Å². The van der Waals surface area contributed by atoms with Crippen LogP contribution in [0.25, 0.3) is 0 Å². The number of esters is 2. The maximum Gasteiger partial charge on any atom is 0.306 e. The molecule has 0 saturated heterocycles. The molecule has 10 heteroatoms. The molecule has 0 rings (SSSR count). The first-order valence-corrected chi connectivity index (χ1v) is 34.9. The molecule has 0 aromatic carbocycles. The van der Waals surface area contributed by atoms with Gasteiger partial charge in [0.1, 0.15) is 19.8 Å². The molecule has 9 nitrogen and oxygen atoms in total. The third kappa shape index (κ3) is 65.9. The molecule has 0 aromatic rings. The van der Waals surface area contributed by atoms with Crippen molar-refractivity contribution in [3.8, 4) is 0 Å². The third-order valence-electron chi connectivity index (χ3n) is 14.3. The Balaban J connectivity index is 3.96. The molecule has 0 fully saturated rings.